The van der Waals surface area contributed by atoms with Crippen LogP contribution in [0.3, 0.4) is 0 Å². The lowest BCUT2D eigenvalue weighted by atomic mass is 9.74. The van der Waals surface area contributed by atoms with Gasteiger partial charge >= 0.3 is 0 Å². The molecule has 33 heavy (non-hydrogen) atoms. The van der Waals surface area contributed by atoms with Crippen molar-refractivity contribution >= 4 is 0 Å². The minimum atomic E-state index is 0.954. The number of unbranched alkanes of at least 4 members (excludes halogenated alkanes) is 5. The lowest BCUT2D eigenvalue weighted by Crippen LogP contribution is -2.18. The molecule has 2 aliphatic rings. The van der Waals surface area contributed by atoms with Crippen LogP contribution < -0.4 is 0 Å². The standard InChI is InChI=1S/C32H55N/c1-3-5-7-8-9-11-31-23-25-32(33-26-31)24-22-30-20-18-29(19-21-30)17-16-28-14-12-27(13-15-28)10-6-4-2/h23,25-30H,3-22,24H2,1-2H3/t27-,28-,29-,30-. The minimum absolute atomic E-state index is 0.954. The first-order valence-corrected chi connectivity index (χ1v) is 15.2. The van der Waals surface area contributed by atoms with E-state index in [4.69, 9.17) is 4.98 Å². The van der Waals surface area contributed by atoms with Gasteiger partial charge in [-0.2, -0.15) is 0 Å². The number of hydrogen-bond donors (Lipinski definition) is 0. The molecule has 0 unspecified atom stereocenters. The average molecular weight is 454 g/mol. The zero-order chi connectivity index (χ0) is 23.1. The van der Waals surface area contributed by atoms with E-state index in [9.17, 15) is 0 Å². The van der Waals surface area contributed by atoms with E-state index in [1.165, 1.54) is 146 Å². The summed E-state index contributed by atoms with van der Waals surface area (Å²) >= 11 is 0. The molecule has 0 spiro atoms. The second-order valence-corrected chi connectivity index (χ2v) is 11.9. The van der Waals surface area contributed by atoms with Gasteiger partial charge in [-0.1, -0.05) is 129 Å². The van der Waals surface area contributed by atoms with Crippen molar-refractivity contribution in [3.63, 3.8) is 0 Å². The summed E-state index contributed by atoms with van der Waals surface area (Å²) in [7, 11) is 0. The SMILES string of the molecule is CCCCCCCc1ccc(CC[C@H]2CC[C@H](CC[C@H]3CC[C@H](CCCC)CC3)CC2)nc1. The van der Waals surface area contributed by atoms with Crippen LogP contribution in [0.2, 0.25) is 0 Å². The molecule has 0 N–H and O–H groups in total. The Morgan fingerprint density at radius 1 is 0.576 bits per heavy atom. The van der Waals surface area contributed by atoms with Crippen LogP contribution in [0.25, 0.3) is 0 Å². The molecule has 188 valence electrons. The van der Waals surface area contributed by atoms with Gasteiger partial charge in [0.2, 0.25) is 0 Å². The zero-order valence-electron chi connectivity index (χ0n) is 22.3. The van der Waals surface area contributed by atoms with Crippen molar-refractivity contribution in [2.24, 2.45) is 23.7 Å². The number of nitrogens with zero attached hydrogens (tertiary/aromatic N) is 1. The second-order valence-electron chi connectivity index (χ2n) is 11.9. The first kappa shape index (κ1) is 26.7. The van der Waals surface area contributed by atoms with Gasteiger partial charge in [-0.05, 0) is 61.0 Å². The first-order chi connectivity index (χ1) is 16.3. The third kappa shape index (κ3) is 10.5. The van der Waals surface area contributed by atoms with Crippen molar-refractivity contribution in [2.45, 2.75) is 149 Å². The van der Waals surface area contributed by atoms with Gasteiger partial charge < -0.3 is 0 Å². The summed E-state index contributed by atoms with van der Waals surface area (Å²) in [5.41, 5.74) is 2.76. The Labute approximate surface area is 206 Å². The van der Waals surface area contributed by atoms with Crippen LogP contribution in [-0.4, -0.2) is 4.98 Å². The van der Waals surface area contributed by atoms with Crippen molar-refractivity contribution in [1.29, 1.82) is 0 Å². The lowest BCUT2D eigenvalue weighted by molar-refractivity contribution is 0.208. The van der Waals surface area contributed by atoms with E-state index >= 15 is 0 Å². The maximum Gasteiger partial charge on any atom is 0.0403 e. The molecule has 3 rings (SSSR count). The molecule has 0 bridgehead atoms. The molecule has 0 aliphatic heterocycles. The van der Waals surface area contributed by atoms with Gasteiger partial charge in [-0.3, -0.25) is 4.98 Å². The molecule has 2 saturated carbocycles. The van der Waals surface area contributed by atoms with Gasteiger partial charge in [0.25, 0.3) is 0 Å². The molecule has 1 nitrogen and oxygen atoms in total. The minimum Gasteiger partial charge on any atom is -0.261 e. The fraction of sp³-hybridized carbons (Fsp3) is 0.844. The molecular weight excluding hydrogens is 398 g/mol. The highest BCUT2D eigenvalue weighted by atomic mass is 14.7. The predicted molar refractivity (Wildman–Crippen MR) is 145 cm³/mol. The van der Waals surface area contributed by atoms with Crippen molar-refractivity contribution in [3.8, 4) is 0 Å². The Kier molecular flexibility index (Phi) is 12.9. The third-order valence-electron chi connectivity index (χ3n) is 9.15. The van der Waals surface area contributed by atoms with Crippen molar-refractivity contribution in [1.82, 2.24) is 4.98 Å². The van der Waals surface area contributed by atoms with Gasteiger partial charge in [-0.15, -0.1) is 0 Å². The molecule has 2 aliphatic carbocycles. The van der Waals surface area contributed by atoms with Gasteiger partial charge in [0.1, 0.15) is 0 Å². The molecule has 1 heteroatoms. The second kappa shape index (κ2) is 15.9. The number of aryl methyl sites for hydroxylation is 2. The number of hydrogen-bond acceptors (Lipinski definition) is 1. The van der Waals surface area contributed by atoms with E-state index in [0.29, 0.717) is 0 Å². The molecule has 0 atom stereocenters. The molecule has 1 heterocycles. The van der Waals surface area contributed by atoms with Crippen LogP contribution in [0.5, 0.6) is 0 Å². The van der Waals surface area contributed by atoms with E-state index in [2.05, 4.69) is 32.2 Å². The van der Waals surface area contributed by atoms with Crippen LogP contribution in [-0.2, 0) is 12.8 Å². The van der Waals surface area contributed by atoms with E-state index in [-0.39, 0.29) is 0 Å². The number of rotatable bonds is 15. The first-order valence-electron chi connectivity index (χ1n) is 15.2. The zero-order valence-corrected chi connectivity index (χ0v) is 22.3. The molecule has 0 amide bonds. The molecule has 1 aromatic heterocycles. The Bertz CT molecular complexity index is 589. The predicted octanol–water partition coefficient (Wildman–Crippen LogP) is 10.1. The highest BCUT2D eigenvalue weighted by Crippen LogP contribution is 2.38. The Hall–Kier alpha value is -0.850. The summed E-state index contributed by atoms with van der Waals surface area (Å²) in [5.74, 6) is 4.12. The molecule has 0 aromatic carbocycles. The number of pyridine rings is 1. The smallest absolute Gasteiger partial charge is 0.0403 e. The lowest BCUT2D eigenvalue weighted by Gasteiger charge is -2.32. The molecule has 0 radical (unpaired) electrons. The topological polar surface area (TPSA) is 12.9 Å². The van der Waals surface area contributed by atoms with Crippen LogP contribution >= 0.6 is 0 Å². The van der Waals surface area contributed by atoms with Crippen LogP contribution in [0.15, 0.2) is 18.3 Å². The monoisotopic (exact) mass is 453 g/mol. The van der Waals surface area contributed by atoms with Gasteiger partial charge in [0.15, 0.2) is 0 Å². The van der Waals surface area contributed by atoms with Crippen molar-refractivity contribution in [3.05, 3.63) is 29.6 Å². The summed E-state index contributed by atoms with van der Waals surface area (Å²) in [4.78, 5) is 4.80. The Balaban J connectivity index is 1.23. The van der Waals surface area contributed by atoms with E-state index in [1.807, 2.05) is 0 Å². The quantitative estimate of drug-likeness (QED) is 0.241. The van der Waals surface area contributed by atoms with Crippen LogP contribution in [0.1, 0.15) is 147 Å². The summed E-state index contributed by atoms with van der Waals surface area (Å²) < 4.78 is 0. The highest BCUT2D eigenvalue weighted by molar-refractivity contribution is 5.14. The number of aromatic nitrogens is 1. The Morgan fingerprint density at radius 2 is 1.12 bits per heavy atom. The summed E-state index contributed by atoms with van der Waals surface area (Å²) in [5, 5.41) is 0. The van der Waals surface area contributed by atoms with Gasteiger partial charge in [-0.25, -0.2) is 0 Å². The average Bonchev–Trinajstić information content (AvgIpc) is 2.87. The summed E-state index contributed by atoms with van der Waals surface area (Å²) in [6.45, 7) is 4.63. The summed E-state index contributed by atoms with van der Waals surface area (Å²) in [6, 6.07) is 4.65. The fourth-order valence-corrected chi connectivity index (χ4v) is 6.62. The maximum absolute atomic E-state index is 4.80. The molecular formula is C32H55N. The van der Waals surface area contributed by atoms with E-state index < -0.39 is 0 Å². The van der Waals surface area contributed by atoms with E-state index in [0.717, 1.165) is 23.7 Å². The van der Waals surface area contributed by atoms with Gasteiger partial charge in [0, 0.05) is 11.9 Å². The van der Waals surface area contributed by atoms with E-state index in [1.54, 1.807) is 0 Å². The maximum atomic E-state index is 4.80. The fourth-order valence-electron chi connectivity index (χ4n) is 6.62. The third-order valence-corrected chi connectivity index (χ3v) is 9.15. The largest absolute Gasteiger partial charge is 0.261 e. The highest BCUT2D eigenvalue weighted by Gasteiger charge is 2.24. The van der Waals surface area contributed by atoms with Gasteiger partial charge in [0.05, 0.1) is 0 Å². The molecule has 1 aromatic rings. The molecule has 0 saturated heterocycles. The van der Waals surface area contributed by atoms with Crippen LogP contribution in [0.4, 0.5) is 0 Å². The normalized spacial score (nSPS) is 25.9. The Morgan fingerprint density at radius 3 is 1.67 bits per heavy atom. The summed E-state index contributed by atoms with van der Waals surface area (Å²) in [6.07, 6.45) is 32.2. The molecule has 2 fully saturated rings. The van der Waals surface area contributed by atoms with Crippen molar-refractivity contribution in [2.75, 3.05) is 0 Å². The van der Waals surface area contributed by atoms with Crippen molar-refractivity contribution < 1.29 is 0 Å². The van der Waals surface area contributed by atoms with Crippen LogP contribution in [0, 0.1) is 23.7 Å².